The number of rotatable bonds is 6. The van der Waals surface area contributed by atoms with Crippen molar-refractivity contribution in [2.45, 2.75) is 13.0 Å². The SMILES string of the molecule is COc1ccc(C)cc1NC(=O)[C@@H](OC(=O)c1cc(=O)[nH]c2ccccc12)c1ccccc1. The van der Waals surface area contributed by atoms with Gasteiger partial charge in [0, 0.05) is 22.5 Å². The molecule has 1 amide bonds. The second kappa shape index (κ2) is 9.40. The second-order valence-electron chi connectivity index (χ2n) is 7.48. The summed E-state index contributed by atoms with van der Waals surface area (Å²) in [6.07, 6.45) is -1.25. The quantitative estimate of drug-likeness (QED) is 0.432. The van der Waals surface area contributed by atoms with Crippen LogP contribution in [-0.2, 0) is 9.53 Å². The summed E-state index contributed by atoms with van der Waals surface area (Å²) in [7, 11) is 1.51. The Balaban J connectivity index is 1.69. The van der Waals surface area contributed by atoms with Crippen molar-refractivity contribution < 1.29 is 19.1 Å². The van der Waals surface area contributed by atoms with E-state index >= 15 is 0 Å². The van der Waals surface area contributed by atoms with Crippen LogP contribution in [0.15, 0.2) is 83.7 Å². The number of amides is 1. The zero-order valence-electron chi connectivity index (χ0n) is 18.1. The van der Waals surface area contributed by atoms with E-state index in [-0.39, 0.29) is 5.56 Å². The number of methoxy groups -OCH3 is 1. The fourth-order valence-electron chi connectivity index (χ4n) is 3.56. The topological polar surface area (TPSA) is 97.5 Å². The summed E-state index contributed by atoms with van der Waals surface area (Å²) in [4.78, 5) is 41.2. The van der Waals surface area contributed by atoms with E-state index in [2.05, 4.69) is 10.3 Å². The van der Waals surface area contributed by atoms with Crippen molar-refractivity contribution in [1.29, 1.82) is 0 Å². The zero-order valence-corrected chi connectivity index (χ0v) is 18.1. The number of anilines is 1. The van der Waals surface area contributed by atoms with Crippen molar-refractivity contribution >= 4 is 28.5 Å². The molecule has 4 aromatic rings. The van der Waals surface area contributed by atoms with E-state index in [1.165, 1.54) is 13.2 Å². The number of aromatic nitrogens is 1. The van der Waals surface area contributed by atoms with Gasteiger partial charge in [0.25, 0.3) is 5.91 Å². The molecule has 0 radical (unpaired) electrons. The summed E-state index contributed by atoms with van der Waals surface area (Å²) in [6.45, 7) is 1.89. The summed E-state index contributed by atoms with van der Waals surface area (Å²) in [5, 5.41) is 3.32. The van der Waals surface area contributed by atoms with Gasteiger partial charge in [-0.15, -0.1) is 0 Å². The summed E-state index contributed by atoms with van der Waals surface area (Å²) in [5.41, 5.74) is 2.02. The first-order valence-electron chi connectivity index (χ1n) is 10.3. The molecule has 7 nitrogen and oxygen atoms in total. The molecule has 1 heterocycles. The molecular weight excluding hydrogens is 420 g/mol. The van der Waals surface area contributed by atoms with Gasteiger partial charge in [0.05, 0.1) is 18.4 Å². The van der Waals surface area contributed by atoms with Gasteiger partial charge in [0.2, 0.25) is 11.7 Å². The number of hydrogen-bond acceptors (Lipinski definition) is 5. The van der Waals surface area contributed by atoms with E-state index in [0.29, 0.717) is 27.9 Å². The molecule has 1 atom stereocenters. The van der Waals surface area contributed by atoms with Crippen LogP contribution in [0.4, 0.5) is 5.69 Å². The lowest BCUT2D eigenvalue weighted by Crippen LogP contribution is -2.26. The average molecular weight is 442 g/mol. The molecule has 0 aliphatic rings. The predicted octanol–water partition coefficient (Wildman–Crippen LogP) is 4.38. The van der Waals surface area contributed by atoms with Gasteiger partial charge < -0.3 is 19.8 Å². The minimum absolute atomic E-state index is 0.0798. The number of benzene rings is 3. The van der Waals surface area contributed by atoms with Crippen LogP contribution in [0, 0.1) is 6.92 Å². The molecule has 4 rings (SSSR count). The number of H-pyrrole nitrogens is 1. The third kappa shape index (κ3) is 4.77. The molecular formula is C26H22N2O5. The zero-order chi connectivity index (χ0) is 23.4. The van der Waals surface area contributed by atoms with Crippen molar-refractivity contribution in [3.63, 3.8) is 0 Å². The summed E-state index contributed by atoms with van der Waals surface area (Å²) in [6, 6.07) is 22.1. The largest absolute Gasteiger partial charge is 0.495 e. The van der Waals surface area contributed by atoms with Gasteiger partial charge in [0.15, 0.2) is 0 Å². The molecule has 0 spiro atoms. The van der Waals surface area contributed by atoms with E-state index < -0.39 is 23.5 Å². The van der Waals surface area contributed by atoms with Gasteiger partial charge in [-0.05, 0) is 30.7 Å². The first-order chi connectivity index (χ1) is 16.0. The Kier molecular flexibility index (Phi) is 6.22. The van der Waals surface area contributed by atoms with Gasteiger partial charge in [-0.25, -0.2) is 4.79 Å². The fourth-order valence-corrected chi connectivity index (χ4v) is 3.56. The molecule has 0 saturated heterocycles. The Labute approximate surface area is 190 Å². The summed E-state index contributed by atoms with van der Waals surface area (Å²) >= 11 is 0. The molecule has 33 heavy (non-hydrogen) atoms. The molecule has 0 unspecified atom stereocenters. The standard InChI is InChI=1S/C26H22N2O5/c1-16-12-13-22(32-2)21(14-16)28-25(30)24(17-8-4-3-5-9-17)33-26(31)19-15-23(29)27-20-11-7-6-10-18(19)20/h3-15,24H,1-2H3,(H,27,29)(H,28,30)/t24-/m0/s1. The molecule has 0 bridgehead atoms. The Morgan fingerprint density at radius 1 is 0.939 bits per heavy atom. The number of ether oxygens (including phenoxy) is 2. The number of aryl methyl sites for hydroxylation is 1. The van der Waals surface area contributed by atoms with Crippen molar-refractivity contribution in [2.75, 3.05) is 12.4 Å². The van der Waals surface area contributed by atoms with Crippen LogP contribution in [0.5, 0.6) is 5.75 Å². The number of carbonyl (C=O) groups is 2. The van der Waals surface area contributed by atoms with Crippen molar-refractivity contribution in [1.82, 2.24) is 4.98 Å². The number of fused-ring (bicyclic) bond motifs is 1. The molecule has 0 saturated carbocycles. The highest BCUT2D eigenvalue weighted by Gasteiger charge is 2.27. The van der Waals surface area contributed by atoms with Gasteiger partial charge in [0.1, 0.15) is 5.75 Å². The lowest BCUT2D eigenvalue weighted by atomic mass is 10.1. The molecule has 7 heteroatoms. The van der Waals surface area contributed by atoms with Gasteiger partial charge >= 0.3 is 5.97 Å². The van der Waals surface area contributed by atoms with E-state index in [1.54, 1.807) is 66.7 Å². The number of carbonyl (C=O) groups excluding carboxylic acids is 2. The van der Waals surface area contributed by atoms with Gasteiger partial charge in [-0.3, -0.25) is 9.59 Å². The third-order valence-corrected chi connectivity index (χ3v) is 5.15. The molecule has 0 aliphatic heterocycles. The molecule has 0 fully saturated rings. The van der Waals surface area contributed by atoms with Crippen LogP contribution in [0.1, 0.15) is 27.6 Å². The van der Waals surface area contributed by atoms with Crippen LogP contribution < -0.4 is 15.6 Å². The Morgan fingerprint density at radius 3 is 2.42 bits per heavy atom. The first-order valence-corrected chi connectivity index (χ1v) is 10.3. The maximum absolute atomic E-state index is 13.3. The van der Waals surface area contributed by atoms with E-state index in [9.17, 15) is 14.4 Å². The van der Waals surface area contributed by atoms with Crippen molar-refractivity contribution in [3.05, 3.63) is 106 Å². The molecule has 166 valence electrons. The molecule has 3 aromatic carbocycles. The summed E-state index contributed by atoms with van der Waals surface area (Å²) < 4.78 is 11.0. The van der Waals surface area contributed by atoms with E-state index in [0.717, 1.165) is 5.56 Å². The highest BCUT2D eigenvalue weighted by atomic mass is 16.5. The number of hydrogen-bond donors (Lipinski definition) is 2. The average Bonchev–Trinajstić information content (AvgIpc) is 2.82. The lowest BCUT2D eigenvalue weighted by molar-refractivity contribution is -0.125. The highest BCUT2D eigenvalue weighted by molar-refractivity contribution is 6.05. The number of nitrogens with one attached hydrogen (secondary N) is 2. The van der Waals surface area contributed by atoms with Gasteiger partial charge in [-0.2, -0.15) is 0 Å². The van der Waals surface area contributed by atoms with Crippen molar-refractivity contribution in [2.24, 2.45) is 0 Å². The second-order valence-corrected chi connectivity index (χ2v) is 7.48. The monoisotopic (exact) mass is 442 g/mol. The Morgan fingerprint density at radius 2 is 1.67 bits per heavy atom. The number of pyridine rings is 1. The summed E-state index contributed by atoms with van der Waals surface area (Å²) in [5.74, 6) is -0.849. The minimum atomic E-state index is -1.25. The van der Waals surface area contributed by atoms with Crippen LogP contribution in [0.25, 0.3) is 10.9 Å². The van der Waals surface area contributed by atoms with Crippen LogP contribution in [0.2, 0.25) is 0 Å². The molecule has 2 N–H and O–H groups in total. The van der Waals surface area contributed by atoms with Crippen LogP contribution in [0.3, 0.4) is 0 Å². The maximum Gasteiger partial charge on any atom is 0.340 e. The van der Waals surface area contributed by atoms with E-state index in [4.69, 9.17) is 9.47 Å². The predicted molar refractivity (Wildman–Crippen MR) is 126 cm³/mol. The molecule has 1 aromatic heterocycles. The fraction of sp³-hybridized carbons (Fsp3) is 0.115. The van der Waals surface area contributed by atoms with Crippen LogP contribution in [-0.4, -0.2) is 24.0 Å². The first kappa shape index (κ1) is 21.8. The number of esters is 1. The highest BCUT2D eigenvalue weighted by Crippen LogP contribution is 2.28. The van der Waals surface area contributed by atoms with Crippen LogP contribution >= 0.6 is 0 Å². The van der Waals surface area contributed by atoms with Gasteiger partial charge in [-0.1, -0.05) is 54.6 Å². The van der Waals surface area contributed by atoms with Crippen molar-refractivity contribution in [3.8, 4) is 5.75 Å². The minimum Gasteiger partial charge on any atom is -0.495 e. The third-order valence-electron chi connectivity index (χ3n) is 5.15. The smallest absolute Gasteiger partial charge is 0.340 e. The van der Waals surface area contributed by atoms with E-state index in [1.807, 2.05) is 13.0 Å². The lowest BCUT2D eigenvalue weighted by Gasteiger charge is -2.19. The normalized spacial score (nSPS) is 11.6. The Bertz CT molecular complexity index is 1380. The number of aromatic amines is 1. The number of para-hydroxylation sites is 1. The maximum atomic E-state index is 13.3. The molecule has 0 aliphatic carbocycles. The Hall–Kier alpha value is -4.39.